The number of hydrogen-bond donors (Lipinski definition) is 1. The first-order chi connectivity index (χ1) is 17.2. The lowest BCUT2D eigenvalue weighted by atomic mass is 10.1. The highest BCUT2D eigenvalue weighted by Crippen LogP contribution is 2.41. The van der Waals surface area contributed by atoms with E-state index >= 15 is 0 Å². The molecule has 178 valence electrons. The predicted molar refractivity (Wildman–Crippen MR) is 132 cm³/mol. The van der Waals surface area contributed by atoms with Crippen molar-refractivity contribution < 1.29 is 18.6 Å². The summed E-state index contributed by atoms with van der Waals surface area (Å²) in [6.45, 7) is 2.45. The van der Waals surface area contributed by atoms with Gasteiger partial charge in [0.2, 0.25) is 11.0 Å². The van der Waals surface area contributed by atoms with E-state index in [4.69, 9.17) is 14.2 Å². The van der Waals surface area contributed by atoms with Gasteiger partial charge in [-0.3, -0.25) is 0 Å². The molecule has 1 N–H and O–H groups in total. The highest BCUT2D eigenvalue weighted by Gasteiger charge is 2.27. The predicted octanol–water partition coefficient (Wildman–Crippen LogP) is 5.88. The second-order valence-corrected chi connectivity index (χ2v) is 8.60. The van der Waals surface area contributed by atoms with Crippen LogP contribution in [0.4, 0.5) is 10.1 Å². The second kappa shape index (κ2) is 10.2. The standard InChI is InChI=1S/C26H23FN4O3S/c1-3-33-21-13-12-16(14-22(21)32-2)24-28-20-11-7-5-9-18(20)23-25(34-24)29-26(31-30-23)35-15-17-8-4-6-10-19(17)27/h4-14,24,28H,3,15H2,1-2H3/t24-/m1/s1. The molecule has 1 aliphatic heterocycles. The molecule has 0 unspecified atom stereocenters. The molecule has 0 aliphatic carbocycles. The van der Waals surface area contributed by atoms with Gasteiger partial charge in [-0.25, -0.2) is 4.39 Å². The Morgan fingerprint density at radius 2 is 1.86 bits per heavy atom. The molecular formula is C26H23FN4O3S. The Morgan fingerprint density at radius 1 is 1.03 bits per heavy atom. The van der Waals surface area contributed by atoms with Crippen LogP contribution in [0, 0.1) is 5.82 Å². The maximum Gasteiger partial charge on any atom is 0.247 e. The minimum Gasteiger partial charge on any atom is -0.493 e. The van der Waals surface area contributed by atoms with Crippen LogP contribution in [0.1, 0.15) is 24.3 Å². The van der Waals surface area contributed by atoms with Gasteiger partial charge in [-0.15, -0.1) is 10.2 Å². The SMILES string of the molecule is CCOc1ccc([C@@H]2Nc3ccccc3-c3nnc(SCc4ccccc4F)nc3O2)cc1OC. The third-order valence-electron chi connectivity index (χ3n) is 5.44. The maximum absolute atomic E-state index is 14.0. The molecule has 0 saturated heterocycles. The summed E-state index contributed by atoms with van der Waals surface area (Å²) in [5.74, 6) is 1.72. The first kappa shape index (κ1) is 22.9. The summed E-state index contributed by atoms with van der Waals surface area (Å²) >= 11 is 1.30. The molecular weight excluding hydrogens is 467 g/mol. The van der Waals surface area contributed by atoms with Gasteiger partial charge in [0.15, 0.2) is 23.4 Å². The molecule has 4 aromatic rings. The molecule has 0 bridgehead atoms. The smallest absolute Gasteiger partial charge is 0.247 e. The normalized spacial score (nSPS) is 14.1. The topological polar surface area (TPSA) is 78.4 Å². The second-order valence-electron chi connectivity index (χ2n) is 7.66. The average Bonchev–Trinajstić information content (AvgIpc) is 3.05. The number of fused-ring (bicyclic) bond motifs is 3. The Kier molecular flexibility index (Phi) is 6.67. The van der Waals surface area contributed by atoms with Crippen LogP contribution in [0.3, 0.4) is 0 Å². The fourth-order valence-corrected chi connectivity index (χ4v) is 4.50. The van der Waals surface area contributed by atoms with E-state index in [1.807, 2.05) is 49.4 Å². The molecule has 0 amide bonds. The lowest BCUT2D eigenvalue weighted by Crippen LogP contribution is -2.17. The van der Waals surface area contributed by atoms with E-state index in [-0.39, 0.29) is 5.82 Å². The lowest BCUT2D eigenvalue weighted by Gasteiger charge is -2.20. The van der Waals surface area contributed by atoms with Gasteiger partial charge in [0.05, 0.1) is 13.7 Å². The molecule has 2 heterocycles. The number of para-hydroxylation sites is 1. The molecule has 1 aliphatic rings. The largest absolute Gasteiger partial charge is 0.493 e. The van der Waals surface area contributed by atoms with Gasteiger partial charge in [-0.1, -0.05) is 48.2 Å². The van der Waals surface area contributed by atoms with E-state index in [9.17, 15) is 4.39 Å². The first-order valence-electron chi connectivity index (χ1n) is 11.1. The summed E-state index contributed by atoms with van der Waals surface area (Å²) in [7, 11) is 1.60. The van der Waals surface area contributed by atoms with Gasteiger partial charge in [-0.2, -0.15) is 4.98 Å². The molecule has 0 saturated carbocycles. The number of thioether (sulfide) groups is 1. The molecule has 35 heavy (non-hydrogen) atoms. The van der Waals surface area contributed by atoms with E-state index in [0.717, 1.165) is 16.8 Å². The minimum absolute atomic E-state index is 0.262. The van der Waals surface area contributed by atoms with Crippen LogP contribution in [-0.4, -0.2) is 28.9 Å². The molecule has 7 nitrogen and oxygen atoms in total. The van der Waals surface area contributed by atoms with Gasteiger partial charge in [0.1, 0.15) is 5.82 Å². The Labute approximate surface area is 206 Å². The number of anilines is 1. The first-order valence-corrected chi connectivity index (χ1v) is 12.1. The zero-order valence-electron chi connectivity index (χ0n) is 19.2. The van der Waals surface area contributed by atoms with Crippen molar-refractivity contribution in [2.24, 2.45) is 0 Å². The van der Waals surface area contributed by atoms with Crippen molar-refractivity contribution in [2.75, 3.05) is 19.0 Å². The van der Waals surface area contributed by atoms with Gasteiger partial charge in [-0.05, 0) is 42.8 Å². The van der Waals surface area contributed by atoms with Crippen molar-refractivity contribution in [3.05, 3.63) is 83.7 Å². The third kappa shape index (κ3) is 4.85. The van der Waals surface area contributed by atoms with Crippen LogP contribution < -0.4 is 19.5 Å². The van der Waals surface area contributed by atoms with E-state index in [1.165, 1.54) is 17.8 Å². The van der Waals surface area contributed by atoms with Gasteiger partial charge in [0, 0.05) is 22.6 Å². The van der Waals surface area contributed by atoms with Crippen LogP contribution in [0.2, 0.25) is 0 Å². The van der Waals surface area contributed by atoms with Crippen LogP contribution in [-0.2, 0) is 5.75 Å². The summed E-state index contributed by atoms with van der Waals surface area (Å²) in [6.07, 6.45) is -0.567. The molecule has 0 spiro atoms. The number of aromatic nitrogens is 3. The van der Waals surface area contributed by atoms with E-state index < -0.39 is 6.23 Å². The number of methoxy groups -OCH3 is 1. The van der Waals surface area contributed by atoms with Crippen LogP contribution in [0.5, 0.6) is 17.4 Å². The number of benzene rings is 3. The van der Waals surface area contributed by atoms with Gasteiger partial charge < -0.3 is 19.5 Å². The number of nitrogens with one attached hydrogen (secondary N) is 1. The quantitative estimate of drug-likeness (QED) is 0.322. The monoisotopic (exact) mass is 490 g/mol. The van der Waals surface area contributed by atoms with E-state index in [2.05, 4.69) is 20.5 Å². The van der Waals surface area contributed by atoms with Crippen molar-refractivity contribution in [2.45, 2.75) is 24.1 Å². The number of rotatable bonds is 7. The Morgan fingerprint density at radius 3 is 2.69 bits per heavy atom. The van der Waals surface area contributed by atoms with Gasteiger partial charge in [0.25, 0.3) is 0 Å². The van der Waals surface area contributed by atoms with Crippen molar-refractivity contribution in [1.29, 1.82) is 0 Å². The van der Waals surface area contributed by atoms with E-state index in [0.29, 0.717) is 46.2 Å². The van der Waals surface area contributed by atoms with Crippen molar-refractivity contribution in [3.63, 3.8) is 0 Å². The third-order valence-corrected chi connectivity index (χ3v) is 6.32. The summed E-state index contributed by atoms with van der Waals surface area (Å²) in [6, 6.07) is 20.0. The summed E-state index contributed by atoms with van der Waals surface area (Å²) in [5.41, 5.74) is 3.60. The fraction of sp³-hybridized carbons (Fsp3) is 0.192. The molecule has 1 atom stereocenters. The molecule has 5 rings (SSSR count). The van der Waals surface area contributed by atoms with Crippen molar-refractivity contribution >= 4 is 17.4 Å². The number of hydrogen-bond acceptors (Lipinski definition) is 8. The highest BCUT2D eigenvalue weighted by molar-refractivity contribution is 7.98. The van der Waals surface area contributed by atoms with E-state index in [1.54, 1.807) is 25.3 Å². The van der Waals surface area contributed by atoms with Crippen LogP contribution in [0.25, 0.3) is 11.3 Å². The zero-order valence-corrected chi connectivity index (χ0v) is 20.0. The van der Waals surface area contributed by atoms with Gasteiger partial charge >= 0.3 is 0 Å². The number of ether oxygens (including phenoxy) is 3. The summed E-state index contributed by atoms with van der Waals surface area (Å²) < 4.78 is 31.5. The minimum atomic E-state index is -0.567. The number of halogens is 1. The molecule has 0 radical (unpaired) electrons. The highest BCUT2D eigenvalue weighted by atomic mass is 32.2. The van der Waals surface area contributed by atoms with Crippen LogP contribution >= 0.6 is 11.8 Å². The average molecular weight is 491 g/mol. The van der Waals surface area contributed by atoms with Crippen molar-refractivity contribution in [1.82, 2.24) is 15.2 Å². The molecule has 0 fully saturated rings. The van der Waals surface area contributed by atoms with Crippen LogP contribution in [0.15, 0.2) is 71.9 Å². The molecule has 3 aromatic carbocycles. The summed E-state index contributed by atoms with van der Waals surface area (Å²) in [5, 5.41) is 12.5. The number of nitrogens with zero attached hydrogens (tertiary/aromatic N) is 3. The Bertz CT molecular complexity index is 1350. The molecule has 9 heteroatoms. The maximum atomic E-state index is 14.0. The zero-order chi connectivity index (χ0) is 24.2. The summed E-state index contributed by atoms with van der Waals surface area (Å²) in [4.78, 5) is 4.63. The lowest BCUT2D eigenvalue weighted by molar-refractivity contribution is 0.224. The van der Waals surface area contributed by atoms with Crippen molar-refractivity contribution in [3.8, 4) is 28.6 Å². The Balaban J connectivity index is 1.49. The molecule has 1 aromatic heterocycles. The Hall–Kier alpha value is -3.85. The fourth-order valence-electron chi connectivity index (χ4n) is 3.74.